The van der Waals surface area contributed by atoms with Gasteiger partial charge in [-0.15, -0.1) is 0 Å². The fourth-order valence-electron chi connectivity index (χ4n) is 2.59. The van der Waals surface area contributed by atoms with E-state index in [0.29, 0.717) is 5.69 Å². The van der Waals surface area contributed by atoms with Gasteiger partial charge in [0.15, 0.2) is 0 Å². The number of benzene rings is 2. The highest BCUT2D eigenvalue weighted by molar-refractivity contribution is 5.95. The third-order valence-electron chi connectivity index (χ3n) is 3.85. The van der Waals surface area contributed by atoms with E-state index in [-0.39, 0.29) is 42.5 Å². The van der Waals surface area contributed by atoms with Crippen LogP contribution >= 0.6 is 0 Å². The maximum absolute atomic E-state index is 12.2. The Morgan fingerprint density at radius 2 is 1.65 bits per heavy atom. The lowest BCUT2D eigenvalue weighted by Gasteiger charge is -2.19. The molecule has 2 aromatic carbocycles. The number of phenols is 2. The summed E-state index contributed by atoms with van der Waals surface area (Å²) in [5.74, 6) is -1.17. The van der Waals surface area contributed by atoms with Crippen molar-refractivity contribution in [3.63, 3.8) is 0 Å². The monoisotopic (exact) mass is 429 g/mol. The number of rotatable bonds is 7. The summed E-state index contributed by atoms with van der Waals surface area (Å²) >= 11 is 0. The number of alkyl carbamates (subject to hydrolysis) is 1. The summed E-state index contributed by atoms with van der Waals surface area (Å²) in [6, 6.07) is 10.5. The second kappa shape index (κ2) is 10.3. The highest BCUT2D eigenvalue weighted by atomic mass is 16.6. The first-order valence-corrected chi connectivity index (χ1v) is 9.69. The molecule has 0 saturated carbocycles. The Hall–Kier alpha value is -3.75. The number of hydrogen-bond acceptors (Lipinski definition) is 6. The predicted molar refractivity (Wildman–Crippen MR) is 115 cm³/mol. The van der Waals surface area contributed by atoms with Gasteiger partial charge in [-0.3, -0.25) is 9.59 Å². The van der Waals surface area contributed by atoms with Gasteiger partial charge in [-0.1, -0.05) is 12.1 Å². The second-order valence-electron chi connectivity index (χ2n) is 7.85. The van der Waals surface area contributed by atoms with Crippen LogP contribution in [0.1, 0.15) is 43.1 Å². The Morgan fingerprint density at radius 3 is 2.29 bits per heavy atom. The fraction of sp³-hybridized carbons (Fsp3) is 0.318. The molecular formula is C22H27N3O6. The standard InChI is InChI=1S/C22H27N3O6/c1-22(2,3)31-21(30)23-8-7-19(28)25-16-6-4-5-14(9-16)13-24-20(29)15-10-17(26)12-18(27)11-15/h4-6,9-12,26-27H,7-8,13H2,1-3H3,(H,23,30)(H,24,29)(H,25,28). The zero-order valence-corrected chi connectivity index (χ0v) is 17.7. The van der Waals surface area contributed by atoms with E-state index in [1.165, 1.54) is 12.1 Å². The Kier molecular flexibility index (Phi) is 7.84. The molecule has 0 fully saturated rings. The van der Waals surface area contributed by atoms with Crippen LogP contribution in [-0.4, -0.2) is 40.3 Å². The predicted octanol–water partition coefficient (Wildman–Crippen LogP) is 2.88. The van der Waals surface area contributed by atoms with E-state index in [1.807, 2.05) is 0 Å². The molecule has 31 heavy (non-hydrogen) atoms. The van der Waals surface area contributed by atoms with Crippen molar-refractivity contribution in [2.75, 3.05) is 11.9 Å². The maximum atomic E-state index is 12.2. The van der Waals surface area contributed by atoms with Crippen LogP contribution in [0.5, 0.6) is 11.5 Å². The molecule has 0 spiro atoms. The van der Waals surface area contributed by atoms with Crippen LogP contribution in [-0.2, 0) is 16.1 Å². The van der Waals surface area contributed by atoms with Crippen molar-refractivity contribution in [2.24, 2.45) is 0 Å². The highest BCUT2D eigenvalue weighted by Gasteiger charge is 2.16. The number of carbonyl (C=O) groups is 3. The molecule has 0 aliphatic rings. The number of aromatic hydroxyl groups is 2. The van der Waals surface area contributed by atoms with Crippen LogP contribution in [0.15, 0.2) is 42.5 Å². The van der Waals surface area contributed by atoms with E-state index < -0.39 is 17.6 Å². The maximum Gasteiger partial charge on any atom is 0.407 e. The van der Waals surface area contributed by atoms with Crippen molar-refractivity contribution in [3.05, 3.63) is 53.6 Å². The van der Waals surface area contributed by atoms with Crippen molar-refractivity contribution in [1.29, 1.82) is 0 Å². The van der Waals surface area contributed by atoms with Gasteiger partial charge in [-0.25, -0.2) is 4.79 Å². The van der Waals surface area contributed by atoms with Crippen molar-refractivity contribution in [2.45, 2.75) is 39.3 Å². The lowest BCUT2D eigenvalue weighted by Crippen LogP contribution is -2.34. The number of anilines is 1. The SMILES string of the molecule is CC(C)(C)OC(=O)NCCC(=O)Nc1cccc(CNC(=O)c2cc(O)cc(O)c2)c1. The Morgan fingerprint density at radius 1 is 0.968 bits per heavy atom. The van der Waals surface area contributed by atoms with E-state index >= 15 is 0 Å². The smallest absolute Gasteiger partial charge is 0.407 e. The Bertz CT molecular complexity index is 932. The van der Waals surface area contributed by atoms with Crippen LogP contribution in [0.4, 0.5) is 10.5 Å². The molecular weight excluding hydrogens is 402 g/mol. The number of hydrogen-bond donors (Lipinski definition) is 5. The molecule has 0 unspecified atom stereocenters. The summed E-state index contributed by atoms with van der Waals surface area (Å²) in [5.41, 5.74) is 0.801. The minimum absolute atomic E-state index is 0.0706. The average Bonchev–Trinajstić information content (AvgIpc) is 2.64. The molecule has 166 valence electrons. The van der Waals surface area contributed by atoms with E-state index in [4.69, 9.17) is 4.74 Å². The van der Waals surface area contributed by atoms with Gasteiger partial charge in [0.2, 0.25) is 5.91 Å². The summed E-state index contributed by atoms with van der Waals surface area (Å²) in [6.07, 6.45) is -0.514. The summed E-state index contributed by atoms with van der Waals surface area (Å²) in [7, 11) is 0. The zero-order valence-electron chi connectivity index (χ0n) is 17.7. The molecule has 0 aliphatic carbocycles. The van der Waals surface area contributed by atoms with Crippen LogP contribution in [0.2, 0.25) is 0 Å². The van der Waals surface area contributed by atoms with Crippen LogP contribution in [0.25, 0.3) is 0 Å². The van der Waals surface area contributed by atoms with Crippen molar-refractivity contribution in [1.82, 2.24) is 10.6 Å². The first kappa shape index (κ1) is 23.5. The van der Waals surface area contributed by atoms with Crippen molar-refractivity contribution >= 4 is 23.6 Å². The van der Waals surface area contributed by atoms with E-state index in [2.05, 4.69) is 16.0 Å². The average molecular weight is 429 g/mol. The van der Waals surface area contributed by atoms with E-state index in [0.717, 1.165) is 11.6 Å². The van der Waals surface area contributed by atoms with Gasteiger partial charge in [0.1, 0.15) is 17.1 Å². The molecule has 0 bridgehead atoms. The minimum atomic E-state index is -0.608. The van der Waals surface area contributed by atoms with Gasteiger partial charge in [0.25, 0.3) is 5.91 Å². The molecule has 2 rings (SSSR count). The molecule has 2 aromatic rings. The van der Waals surface area contributed by atoms with E-state index in [1.54, 1.807) is 45.0 Å². The van der Waals surface area contributed by atoms with Gasteiger partial charge in [0, 0.05) is 36.8 Å². The minimum Gasteiger partial charge on any atom is -0.508 e. The van der Waals surface area contributed by atoms with Gasteiger partial charge in [-0.05, 0) is 50.6 Å². The topological polar surface area (TPSA) is 137 Å². The number of carbonyl (C=O) groups excluding carboxylic acids is 3. The first-order valence-electron chi connectivity index (χ1n) is 9.69. The number of ether oxygens (including phenoxy) is 1. The van der Waals surface area contributed by atoms with Gasteiger partial charge >= 0.3 is 6.09 Å². The summed E-state index contributed by atoms with van der Waals surface area (Å²) in [6.45, 7) is 5.57. The third kappa shape index (κ3) is 8.65. The van der Waals surface area contributed by atoms with Gasteiger partial charge < -0.3 is 30.9 Å². The summed E-state index contributed by atoms with van der Waals surface area (Å²) in [5, 5.41) is 26.9. The zero-order chi connectivity index (χ0) is 23.0. The molecule has 0 atom stereocenters. The molecule has 0 heterocycles. The fourth-order valence-corrected chi connectivity index (χ4v) is 2.59. The molecule has 0 saturated heterocycles. The lowest BCUT2D eigenvalue weighted by molar-refractivity contribution is -0.116. The summed E-state index contributed by atoms with van der Waals surface area (Å²) < 4.78 is 5.10. The van der Waals surface area contributed by atoms with Crippen molar-refractivity contribution in [3.8, 4) is 11.5 Å². The number of phenolic OH excluding ortho intramolecular Hbond substituents is 2. The normalized spacial score (nSPS) is 10.8. The largest absolute Gasteiger partial charge is 0.508 e. The van der Waals surface area contributed by atoms with Crippen LogP contribution in [0, 0.1) is 0 Å². The molecule has 0 aromatic heterocycles. The lowest BCUT2D eigenvalue weighted by atomic mass is 10.1. The summed E-state index contributed by atoms with van der Waals surface area (Å²) in [4.78, 5) is 35.9. The van der Waals surface area contributed by atoms with Gasteiger partial charge in [0.05, 0.1) is 0 Å². The highest BCUT2D eigenvalue weighted by Crippen LogP contribution is 2.20. The number of nitrogens with one attached hydrogen (secondary N) is 3. The molecule has 0 aliphatic heterocycles. The molecule has 0 radical (unpaired) electrons. The molecule has 5 N–H and O–H groups in total. The Balaban J connectivity index is 1.82. The molecule has 3 amide bonds. The van der Waals surface area contributed by atoms with Crippen LogP contribution in [0.3, 0.4) is 0 Å². The third-order valence-corrected chi connectivity index (χ3v) is 3.85. The van der Waals surface area contributed by atoms with E-state index in [9.17, 15) is 24.6 Å². The second-order valence-corrected chi connectivity index (χ2v) is 7.85. The van der Waals surface area contributed by atoms with Crippen LogP contribution < -0.4 is 16.0 Å². The quantitative estimate of drug-likeness (QED) is 0.459. The molecule has 9 heteroatoms. The first-order chi connectivity index (χ1) is 14.5. The Labute approximate surface area is 180 Å². The molecule has 9 nitrogen and oxygen atoms in total. The van der Waals surface area contributed by atoms with Crippen molar-refractivity contribution < 1.29 is 29.3 Å². The van der Waals surface area contributed by atoms with Gasteiger partial charge in [-0.2, -0.15) is 0 Å². The number of amides is 3.